The van der Waals surface area contributed by atoms with Crippen molar-refractivity contribution in [2.24, 2.45) is 0 Å². The van der Waals surface area contributed by atoms with Crippen LogP contribution in [0.25, 0.3) is 0 Å². The molecule has 0 unspecified atom stereocenters. The number of hydrogen-bond acceptors (Lipinski definition) is 5. The van der Waals surface area contributed by atoms with Crippen LogP contribution in [0.4, 0.5) is 5.69 Å². The SMILES string of the molecule is CCn1ncnc1COC(=O)c1cc(N)ccc1Cl. The number of rotatable bonds is 4. The van der Waals surface area contributed by atoms with Gasteiger partial charge in [-0.3, -0.25) is 0 Å². The van der Waals surface area contributed by atoms with Crippen LogP contribution in [-0.4, -0.2) is 20.7 Å². The molecule has 0 aliphatic rings. The van der Waals surface area contributed by atoms with Crippen molar-refractivity contribution in [3.8, 4) is 0 Å². The third-order valence-electron chi connectivity index (χ3n) is 2.54. The molecule has 2 aromatic rings. The van der Waals surface area contributed by atoms with Gasteiger partial charge in [-0.25, -0.2) is 14.5 Å². The molecule has 0 spiro atoms. The highest BCUT2D eigenvalue weighted by molar-refractivity contribution is 6.33. The Morgan fingerprint density at radius 1 is 1.53 bits per heavy atom. The average Bonchev–Trinajstić information content (AvgIpc) is 2.86. The zero-order valence-electron chi connectivity index (χ0n) is 10.3. The molecule has 1 heterocycles. The minimum atomic E-state index is -0.539. The number of aromatic nitrogens is 3. The minimum absolute atomic E-state index is 0.0395. The van der Waals surface area contributed by atoms with Crippen molar-refractivity contribution in [1.82, 2.24) is 14.8 Å². The van der Waals surface area contributed by atoms with Gasteiger partial charge in [0, 0.05) is 12.2 Å². The Balaban J connectivity index is 2.07. The quantitative estimate of drug-likeness (QED) is 0.683. The fourth-order valence-corrected chi connectivity index (χ4v) is 1.77. The molecule has 6 nitrogen and oxygen atoms in total. The van der Waals surface area contributed by atoms with E-state index in [1.54, 1.807) is 16.8 Å². The van der Waals surface area contributed by atoms with Crippen molar-refractivity contribution in [3.05, 3.63) is 40.9 Å². The number of nitrogen functional groups attached to an aromatic ring is 1. The van der Waals surface area contributed by atoms with Gasteiger partial charge in [0.25, 0.3) is 0 Å². The molecule has 0 aliphatic carbocycles. The fourth-order valence-electron chi connectivity index (χ4n) is 1.57. The Kier molecular flexibility index (Phi) is 4.01. The predicted molar refractivity (Wildman–Crippen MR) is 70.7 cm³/mol. The second-order valence-corrected chi connectivity index (χ2v) is 4.21. The van der Waals surface area contributed by atoms with Crippen LogP contribution < -0.4 is 5.73 Å². The molecular formula is C12H13ClN4O2. The Labute approximate surface area is 115 Å². The fraction of sp³-hybridized carbons (Fsp3) is 0.250. The summed E-state index contributed by atoms with van der Waals surface area (Å²) in [5.41, 5.74) is 6.30. The molecule has 1 aromatic heterocycles. The number of halogens is 1. The van der Waals surface area contributed by atoms with E-state index in [0.29, 0.717) is 23.1 Å². The maximum absolute atomic E-state index is 11.9. The van der Waals surface area contributed by atoms with Gasteiger partial charge >= 0.3 is 5.97 Å². The Morgan fingerprint density at radius 3 is 3.05 bits per heavy atom. The van der Waals surface area contributed by atoms with Crippen molar-refractivity contribution in [1.29, 1.82) is 0 Å². The predicted octanol–water partition coefficient (Wildman–Crippen LogP) is 1.89. The van der Waals surface area contributed by atoms with E-state index < -0.39 is 5.97 Å². The summed E-state index contributed by atoms with van der Waals surface area (Å²) >= 11 is 5.92. The zero-order valence-corrected chi connectivity index (χ0v) is 11.1. The standard InChI is InChI=1S/C12H13ClN4O2/c1-2-17-11(15-7-16-17)6-19-12(18)9-5-8(14)3-4-10(9)13/h3-5,7H,2,6,14H2,1H3. The van der Waals surface area contributed by atoms with E-state index in [-0.39, 0.29) is 12.2 Å². The summed E-state index contributed by atoms with van der Waals surface area (Å²) in [4.78, 5) is 15.9. The van der Waals surface area contributed by atoms with Crippen LogP contribution in [0.5, 0.6) is 0 Å². The van der Waals surface area contributed by atoms with Crippen LogP contribution in [0.1, 0.15) is 23.1 Å². The van der Waals surface area contributed by atoms with Crippen LogP contribution in [0.15, 0.2) is 24.5 Å². The van der Waals surface area contributed by atoms with Crippen LogP contribution in [0.2, 0.25) is 5.02 Å². The average molecular weight is 281 g/mol. The van der Waals surface area contributed by atoms with Crippen LogP contribution in [-0.2, 0) is 17.9 Å². The van der Waals surface area contributed by atoms with Gasteiger partial charge in [0.2, 0.25) is 0 Å². The summed E-state index contributed by atoms with van der Waals surface area (Å²) < 4.78 is 6.80. The van der Waals surface area contributed by atoms with Gasteiger partial charge in [0.1, 0.15) is 6.33 Å². The molecule has 100 valence electrons. The monoisotopic (exact) mass is 280 g/mol. The number of nitrogens with zero attached hydrogens (tertiary/aromatic N) is 3. The van der Waals surface area contributed by atoms with Crippen molar-refractivity contribution < 1.29 is 9.53 Å². The Bertz CT molecular complexity index is 597. The summed E-state index contributed by atoms with van der Waals surface area (Å²) in [5, 5.41) is 4.29. The lowest BCUT2D eigenvalue weighted by Crippen LogP contribution is -2.11. The molecule has 0 saturated heterocycles. The molecular weight excluding hydrogens is 268 g/mol. The molecule has 2 N–H and O–H groups in total. The van der Waals surface area contributed by atoms with Crippen molar-refractivity contribution in [2.75, 3.05) is 5.73 Å². The first-order chi connectivity index (χ1) is 9.11. The summed E-state index contributed by atoms with van der Waals surface area (Å²) in [5.74, 6) is 0.0406. The highest BCUT2D eigenvalue weighted by Gasteiger charge is 2.14. The van der Waals surface area contributed by atoms with E-state index in [4.69, 9.17) is 22.1 Å². The highest BCUT2D eigenvalue weighted by atomic mass is 35.5. The molecule has 0 fully saturated rings. The highest BCUT2D eigenvalue weighted by Crippen LogP contribution is 2.20. The van der Waals surface area contributed by atoms with Crippen LogP contribution >= 0.6 is 11.6 Å². The maximum atomic E-state index is 11.9. The zero-order chi connectivity index (χ0) is 13.8. The first-order valence-electron chi connectivity index (χ1n) is 5.70. The molecule has 19 heavy (non-hydrogen) atoms. The van der Waals surface area contributed by atoms with Crippen molar-refractivity contribution in [2.45, 2.75) is 20.1 Å². The number of nitrogens with two attached hydrogens (primary N) is 1. The molecule has 0 aliphatic heterocycles. The molecule has 0 atom stereocenters. The molecule has 0 saturated carbocycles. The lowest BCUT2D eigenvalue weighted by atomic mass is 10.2. The Morgan fingerprint density at radius 2 is 2.32 bits per heavy atom. The number of ether oxygens (including phenoxy) is 1. The van der Waals surface area contributed by atoms with E-state index in [2.05, 4.69) is 10.1 Å². The third kappa shape index (κ3) is 3.03. The number of hydrogen-bond donors (Lipinski definition) is 1. The first kappa shape index (κ1) is 13.4. The van der Waals surface area contributed by atoms with Gasteiger partial charge in [-0.15, -0.1) is 0 Å². The lowest BCUT2D eigenvalue weighted by Gasteiger charge is -2.07. The number of benzene rings is 1. The summed E-state index contributed by atoms with van der Waals surface area (Å²) in [6.07, 6.45) is 1.42. The Hall–Kier alpha value is -2.08. The normalized spacial score (nSPS) is 10.4. The van der Waals surface area contributed by atoms with Gasteiger partial charge in [-0.2, -0.15) is 5.10 Å². The second kappa shape index (κ2) is 5.71. The van der Waals surface area contributed by atoms with Gasteiger partial charge < -0.3 is 10.5 Å². The molecule has 0 amide bonds. The van der Waals surface area contributed by atoms with E-state index in [0.717, 1.165) is 0 Å². The van der Waals surface area contributed by atoms with Crippen molar-refractivity contribution >= 4 is 23.3 Å². The van der Waals surface area contributed by atoms with Gasteiger partial charge in [0.05, 0.1) is 10.6 Å². The molecule has 0 bridgehead atoms. The molecule has 1 aromatic carbocycles. The largest absolute Gasteiger partial charge is 0.454 e. The van der Waals surface area contributed by atoms with Gasteiger partial charge in [-0.1, -0.05) is 11.6 Å². The first-order valence-corrected chi connectivity index (χ1v) is 6.08. The minimum Gasteiger partial charge on any atom is -0.454 e. The number of aryl methyl sites for hydroxylation is 1. The number of carbonyl (C=O) groups is 1. The maximum Gasteiger partial charge on any atom is 0.340 e. The smallest absolute Gasteiger partial charge is 0.340 e. The van der Waals surface area contributed by atoms with E-state index in [1.807, 2.05) is 6.92 Å². The van der Waals surface area contributed by atoms with Crippen LogP contribution in [0.3, 0.4) is 0 Å². The topological polar surface area (TPSA) is 83.0 Å². The van der Waals surface area contributed by atoms with E-state index >= 15 is 0 Å². The van der Waals surface area contributed by atoms with E-state index in [1.165, 1.54) is 12.4 Å². The van der Waals surface area contributed by atoms with Crippen molar-refractivity contribution in [3.63, 3.8) is 0 Å². The second-order valence-electron chi connectivity index (χ2n) is 3.81. The molecule has 2 rings (SSSR count). The number of esters is 1. The summed E-state index contributed by atoms with van der Waals surface area (Å²) in [6.45, 7) is 2.62. The van der Waals surface area contributed by atoms with Crippen LogP contribution in [0, 0.1) is 0 Å². The number of anilines is 1. The molecule has 0 radical (unpaired) electrons. The number of carbonyl (C=O) groups excluding carboxylic acids is 1. The lowest BCUT2D eigenvalue weighted by molar-refractivity contribution is 0.0457. The summed E-state index contributed by atoms with van der Waals surface area (Å²) in [7, 11) is 0. The van der Waals surface area contributed by atoms with E-state index in [9.17, 15) is 4.79 Å². The van der Waals surface area contributed by atoms with Gasteiger partial charge in [0.15, 0.2) is 12.4 Å². The van der Waals surface area contributed by atoms with Gasteiger partial charge in [-0.05, 0) is 25.1 Å². The third-order valence-corrected chi connectivity index (χ3v) is 2.87. The summed E-state index contributed by atoms with van der Waals surface area (Å²) in [6, 6.07) is 4.66. The molecule has 7 heteroatoms.